The first kappa shape index (κ1) is 52.6. The number of esters is 2. The molecule has 0 saturated carbocycles. The number of likely N-dealkylation sites (N-methyl/N-ethyl adjacent to an activating group) is 1. The van der Waals surface area contributed by atoms with Gasteiger partial charge in [0.1, 0.15) is 36.1 Å². The van der Waals surface area contributed by atoms with Gasteiger partial charge in [0.15, 0.2) is 0 Å². The number of thiophene rings is 1. The summed E-state index contributed by atoms with van der Waals surface area (Å²) in [5, 5.41) is 18.6. The Bertz CT molecular complexity index is 3090. The topological polar surface area (TPSA) is 266 Å². The van der Waals surface area contributed by atoms with Crippen molar-refractivity contribution in [2.75, 3.05) is 33.9 Å². The lowest BCUT2D eigenvalue weighted by atomic mass is 10.0. The number of furan rings is 2. The molecule has 8 rings (SSSR count). The summed E-state index contributed by atoms with van der Waals surface area (Å²) in [6.45, 7) is 4.67. The third-order valence-corrected chi connectivity index (χ3v) is 13.7. The molecule has 6 amide bonds. The van der Waals surface area contributed by atoms with Crippen molar-refractivity contribution in [2.24, 2.45) is 0 Å². The van der Waals surface area contributed by atoms with Crippen LogP contribution >= 0.6 is 46.6 Å². The van der Waals surface area contributed by atoms with Crippen LogP contribution in [0.3, 0.4) is 0 Å². The fraction of sp³-hybridized carbons (Fsp3) is 0.167. The van der Waals surface area contributed by atoms with E-state index in [9.17, 15) is 47.9 Å². The minimum atomic E-state index is -1.02. The summed E-state index contributed by atoms with van der Waals surface area (Å²) < 4.78 is 20.6. The van der Waals surface area contributed by atoms with E-state index in [1.807, 2.05) is 18.4 Å². The van der Waals surface area contributed by atoms with E-state index >= 15 is 0 Å². The average Bonchev–Trinajstić information content (AvgIpc) is 4.21. The van der Waals surface area contributed by atoms with Gasteiger partial charge in [-0.2, -0.15) is 0 Å². The first-order valence-corrected chi connectivity index (χ1v) is 24.0. The number of imide groups is 3. The second kappa shape index (κ2) is 23.3. The molecule has 23 heteroatoms. The summed E-state index contributed by atoms with van der Waals surface area (Å²) in [7, 11) is 2.67. The van der Waals surface area contributed by atoms with Gasteiger partial charge in [-0.1, -0.05) is 18.2 Å². The van der Waals surface area contributed by atoms with E-state index in [0.29, 0.717) is 62.6 Å². The van der Waals surface area contributed by atoms with Crippen LogP contribution in [0.2, 0.25) is 0 Å². The molecule has 366 valence electrons. The zero-order valence-corrected chi connectivity index (χ0v) is 41.2. The van der Waals surface area contributed by atoms with Crippen molar-refractivity contribution in [2.45, 2.75) is 20.8 Å². The standard InChI is InChI=1S/C20H17NO7S.C18H13NO7S.C10H9NO2S2/c1-3-27-17(22)10-21-18(23)16(29-20(21)26)9-13-5-7-15(28-13)14-6-4-12(19(24)25)8-11(14)2;1-25-15(20)9-19-16(21)14(27-18(19)24)8-12-6-7-13(26-12)10-2-4-11(5-3-10)17(22)23;1-6-3-4-14-7(6)5-8-9(12)11(2)10(13)15-8/h4-9H,3,10H2,1-2H3,(H,24,25);2-8H,9H2,1H3,(H,22,23);3-5H,1-2H3/b16-9-;14-8-;8-5-. The van der Waals surface area contributed by atoms with Gasteiger partial charge >= 0.3 is 23.9 Å². The summed E-state index contributed by atoms with van der Waals surface area (Å²) in [6, 6.07) is 19.4. The van der Waals surface area contributed by atoms with Crippen LogP contribution in [-0.4, -0.2) is 116 Å². The lowest BCUT2D eigenvalue weighted by molar-refractivity contribution is -0.146. The van der Waals surface area contributed by atoms with Crippen LogP contribution < -0.4 is 0 Å². The second-order valence-electron chi connectivity index (χ2n) is 14.7. The highest BCUT2D eigenvalue weighted by atomic mass is 32.2. The van der Waals surface area contributed by atoms with E-state index in [0.717, 1.165) is 42.5 Å². The average molecular weight is 1040 g/mol. The van der Waals surface area contributed by atoms with Crippen LogP contribution in [0.15, 0.2) is 102 Å². The van der Waals surface area contributed by atoms with Crippen molar-refractivity contribution in [3.05, 3.63) is 132 Å². The molecule has 6 heterocycles. The Morgan fingerprint density at radius 1 is 0.620 bits per heavy atom. The number of ether oxygens (including phenoxy) is 2. The molecule has 0 atom stereocenters. The zero-order valence-electron chi connectivity index (χ0n) is 37.9. The van der Waals surface area contributed by atoms with E-state index in [-0.39, 0.29) is 38.7 Å². The predicted octanol–water partition coefficient (Wildman–Crippen LogP) is 9.13. The van der Waals surface area contributed by atoms with Crippen molar-refractivity contribution >= 4 is 122 Å². The third kappa shape index (κ3) is 12.9. The minimum absolute atomic E-state index is 0.131. The van der Waals surface area contributed by atoms with Gasteiger partial charge in [-0.05, 0) is 133 Å². The van der Waals surface area contributed by atoms with E-state index in [4.69, 9.17) is 23.8 Å². The minimum Gasteiger partial charge on any atom is -0.478 e. The number of aromatic carboxylic acids is 2. The number of carbonyl (C=O) groups is 10. The molecule has 0 spiro atoms. The van der Waals surface area contributed by atoms with Gasteiger partial charge < -0.3 is 28.5 Å². The molecule has 5 aromatic rings. The number of carboxylic acids is 2. The first-order chi connectivity index (χ1) is 33.8. The van der Waals surface area contributed by atoms with Crippen molar-refractivity contribution < 1.29 is 76.5 Å². The molecule has 0 unspecified atom stereocenters. The molecular weight excluding hydrogens is 1000 g/mol. The number of aryl methyl sites for hydroxylation is 2. The lowest BCUT2D eigenvalue weighted by Crippen LogP contribution is -2.34. The Hall–Kier alpha value is -7.73. The molecule has 3 fully saturated rings. The highest BCUT2D eigenvalue weighted by Gasteiger charge is 2.38. The second-order valence-corrected chi connectivity index (χ2v) is 18.7. The largest absolute Gasteiger partial charge is 0.478 e. The number of carboxylic acid groups (broad SMARTS) is 2. The smallest absolute Gasteiger partial charge is 0.335 e. The number of thioether (sulfide) groups is 3. The van der Waals surface area contributed by atoms with Crippen molar-refractivity contribution in [3.63, 3.8) is 0 Å². The molecule has 2 N–H and O–H groups in total. The van der Waals surface area contributed by atoms with Crippen LogP contribution in [0.4, 0.5) is 14.4 Å². The van der Waals surface area contributed by atoms with E-state index in [1.165, 1.54) is 44.5 Å². The fourth-order valence-electron chi connectivity index (χ4n) is 6.27. The Morgan fingerprint density at radius 3 is 1.63 bits per heavy atom. The molecule has 0 bridgehead atoms. The molecule has 3 aromatic heterocycles. The predicted molar refractivity (Wildman–Crippen MR) is 264 cm³/mol. The Labute approximate surface area is 420 Å². The van der Waals surface area contributed by atoms with Crippen LogP contribution in [0.5, 0.6) is 0 Å². The fourth-order valence-corrected chi connectivity index (χ4v) is 9.65. The first-order valence-electron chi connectivity index (χ1n) is 20.6. The number of carbonyl (C=O) groups excluding carboxylic acids is 8. The van der Waals surface area contributed by atoms with Gasteiger partial charge in [-0.3, -0.25) is 53.1 Å². The molecule has 3 saturated heterocycles. The molecule has 3 aliphatic heterocycles. The van der Waals surface area contributed by atoms with Crippen LogP contribution in [0, 0.1) is 13.8 Å². The van der Waals surface area contributed by atoms with Gasteiger partial charge in [-0.25, -0.2) is 9.59 Å². The zero-order chi connectivity index (χ0) is 51.7. The Morgan fingerprint density at radius 2 is 1.14 bits per heavy atom. The molecule has 0 aliphatic carbocycles. The summed E-state index contributed by atoms with van der Waals surface area (Å²) in [4.78, 5) is 121. The number of hydrogen-bond donors (Lipinski definition) is 2. The third-order valence-electron chi connectivity index (χ3n) is 9.96. The Balaban J connectivity index is 0.000000183. The van der Waals surface area contributed by atoms with Crippen molar-refractivity contribution in [1.82, 2.24) is 14.7 Å². The SMILES string of the molecule is CCOC(=O)CN1C(=O)S/C(=C\c2ccc(-c3ccc(C(=O)O)cc3C)o2)C1=O.COC(=O)CN1C(=O)S/C(=C\c2ccc(-c3ccc(C(=O)O)cc3)o2)C1=O.Cc1ccsc1/C=C1\SC(=O)N(C)C1=O. The van der Waals surface area contributed by atoms with Crippen LogP contribution in [0.25, 0.3) is 40.9 Å². The number of methoxy groups -OCH3 is 1. The maximum Gasteiger partial charge on any atom is 0.335 e. The Kier molecular flexibility index (Phi) is 17.2. The monoisotopic (exact) mass is 1040 g/mol. The van der Waals surface area contributed by atoms with Crippen LogP contribution in [0.1, 0.15) is 55.2 Å². The maximum atomic E-state index is 12.4. The van der Waals surface area contributed by atoms with E-state index in [2.05, 4.69) is 4.74 Å². The molecule has 3 aliphatic rings. The number of amides is 6. The quantitative estimate of drug-likeness (QED) is 0.0871. The van der Waals surface area contributed by atoms with Gasteiger partial charge in [0, 0.05) is 35.2 Å². The summed E-state index contributed by atoms with van der Waals surface area (Å²) in [6.07, 6.45) is 4.63. The maximum absolute atomic E-state index is 12.4. The number of nitrogens with zero attached hydrogens (tertiary/aromatic N) is 3. The number of hydrogen-bond acceptors (Lipinski definition) is 18. The van der Waals surface area contributed by atoms with Crippen LogP contribution in [-0.2, 0) is 33.4 Å². The lowest BCUT2D eigenvalue weighted by Gasteiger charge is -2.10. The van der Waals surface area contributed by atoms with Crippen molar-refractivity contribution in [1.29, 1.82) is 0 Å². The van der Waals surface area contributed by atoms with E-state index < -0.39 is 59.3 Å². The van der Waals surface area contributed by atoms with Gasteiger partial charge in [0.05, 0.1) is 39.6 Å². The van der Waals surface area contributed by atoms with Gasteiger partial charge in [0.25, 0.3) is 33.4 Å². The van der Waals surface area contributed by atoms with Crippen molar-refractivity contribution in [3.8, 4) is 22.6 Å². The summed E-state index contributed by atoms with van der Waals surface area (Å²) in [5.74, 6) is -3.12. The molecule has 71 heavy (non-hydrogen) atoms. The summed E-state index contributed by atoms with van der Waals surface area (Å²) in [5.41, 5.74) is 3.56. The molecule has 0 radical (unpaired) electrons. The molecular formula is C48H39N3O16S4. The molecule has 2 aromatic carbocycles. The normalized spacial score (nSPS) is 16.2. The highest BCUT2D eigenvalue weighted by molar-refractivity contribution is 8.19. The van der Waals surface area contributed by atoms with Gasteiger partial charge in [-0.15, -0.1) is 11.3 Å². The number of benzene rings is 2. The highest BCUT2D eigenvalue weighted by Crippen LogP contribution is 2.36. The number of rotatable bonds is 12. The summed E-state index contributed by atoms with van der Waals surface area (Å²) >= 11 is 3.98. The van der Waals surface area contributed by atoms with E-state index in [1.54, 1.807) is 79.8 Å². The van der Waals surface area contributed by atoms with Gasteiger partial charge in [0.2, 0.25) is 0 Å². The molecule has 19 nitrogen and oxygen atoms in total.